The van der Waals surface area contributed by atoms with E-state index >= 15 is 0 Å². The Bertz CT molecular complexity index is 573. The fraction of sp³-hybridized carbons (Fsp3) is 0.0769. The third-order valence-electron chi connectivity index (χ3n) is 2.57. The Morgan fingerprint density at radius 2 is 1.89 bits per heavy atom. The zero-order chi connectivity index (χ0) is 13.1. The van der Waals surface area contributed by atoms with E-state index in [1.807, 2.05) is 0 Å². The molecule has 0 aliphatic heterocycles. The topological polar surface area (TPSA) is 55.5 Å². The minimum atomic E-state index is -0.683. The molecule has 0 unspecified atom stereocenters. The molecule has 0 saturated carbocycles. The van der Waals surface area contributed by atoms with Gasteiger partial charge in [0.25, 0.3) is 0 Å². The van der Waals surface area contributed by atoms with E-state index in [9.17, 15) is 13.9 Å². The lowest BCUT2D eigenvalue weighted by Crippen LogP contribution is -1.99. The van der Waals surface area contributed by atoms with E-state index < -0.39 is 11.6 Å². The molecule has 3 nitrogen and oxygen atoms in total. The van der Waals surface area contributed by atoms with Crippen molar-refractivity contribution in [2.24, 2.45) is 5.90 Å². The minimum absolute atomic E-state index is 0.0536. The first-order valence-corrected chi connectivity index (χ1v) is 5.21. The molecule has 94 valence electrons. The second-order valence-corrected chi connectivity index (χ2v) is 3.78. The van der Waals surface area contributed by atoms with Crippen molar-refractivity contribution in [3.63, 3.8) is 0 Å². The van der Waals surface area contributed by atoms with Crippen LogP contribution in [0.25, 0.3) is 11.1 Å². The van der Waals surface area contributed by atoms with E-state index in [0.717, 1.165) is 12.1 Å². The highest BCUT2D eigenvalue weighted by molar-refractivity contribution is 5.66. The van der Waals surface area contributed by atoms with Gasteiger partial charge in [-0.2, -0.15) is 0 Å². The van der Waals surface area contributed by atoms with Crippen LogP contribution < -0.4 is 5.90 Å². The third-order valence-corrected chi connectivity index (χ3v) is 2.57. The molecule has 2 rings (SSSR count). The zero-order valence-electron chi connectivity index (χ0n) is 9.36. The van der Waals surface area contributed by atoms with Gasteiger partial charge in [-0.1, -0.05) is 12.1 Å². The molecule has 0 radical (unpaired) electrons. The summed E-state index contributed by atoms with van der Waals surface area (Å²) in [6.45, 7) is 0.0536. The number of hydrogen-bond acceptors (Lipinski definition) is 3. The van der Waals surface area contributed by atoms with Gasteiger partial charge in [0.15, 0.2) is 0 Å². The summed E-state index contributed by atoms with van der Waals surface area (Å²) in [4.78, 5) is 4.41. The summed E-state index contributed by atoms with van der Waals surface area (Å²) < 4.78 is 26.3. The predicted octanol–water partition coefficient (Wildman–Crippen LogP) is 2.73. The van der Waals surface area contributed by atoms with Crippen molar-refractivity contribution in [3.05, 3.63) is 53.6 Å². The fourth-order valence-electron chi connectivity index (χ4n) is 1.67. The van der Waals surface area contributed by atoms with Crippen LogP contribution >= 0.6 is 0 Å². The van der Waals surface area contributed by atoms with Crippen molar-refractivity contribution in [2.45, 2.75) is 6.61 Å². The summed E-state index contributed by atoms with van der Waals surface area (Å²) in [6.07, 6.45) is 0. The highest BCUT2D eigenvalue weighted by atomic mass is 19.1. The molecule has 0 aliphatic carbocycles. The molecule has 5 heteroatoms. The van der Waals surface area contributed by atoms with Crippen molar-refractivity contribution in [1.82, 2.24) is 0 Å². The second kappa shape index (κ2) is 5.12. The lowest BCUT2D eigenvalue weighted by molar-refractivity contribution is 0.122. The molecular formula is C13H11F2NO2. The summed E-state index contributed by atoms with van der Waals surface area (Å²) in [5, 5.41) is 9.70. The molecule has 0 amide bonds. The van der Waals surface area contributed by atoms with Crippen LogP contribution in [0.4, 0.5) is 8.78 Å². The Kier molecular flexibility index (Phi) is 3.55. The third kappa shape index (κ3) is 2.47. The summed E-state index contributed by atoms with van der Waals surface area (Å²) in [6, 6.07) is 7.82. The van der Waals surface area contributed by atoms with Gasteiger partial charge in [-0.05, 0) is 23.8 Å². The summed E-state index contributed by atoms with van der Waals surface area (Å²) in [7, 11) is 0. The number of phenolic OH excluding ortho intramolecular Hbond substituents is 1. The van der Waals surface area contributed by atoms with Gasteiger partial charge in [0.2, 0.25) is 0 Å². The molecule has 0 aromatic heterocycles. The van der Waals surface area contributed by atoms with Crippen LogP contribution in [0.2, 0.25) is 0 Å². The summed E-state index contributed by atoms with van der Waals surface area (Å²) in [5.74, 6) is 3.52. The Balaban J connectivity index is 2.42. The largest absolute Gasteiger partial charge is 0.508 e. The minimum Gasteiger partial charge on any atom is -0.508 e. The van der Waals surface area contributed by atoms with Crippen LogP contribution in [0.15, 0.2) is 36.4 Å². The SMILES string of the molecule is NOCc1ccc(-c2ccc(F)cc2F)cc1O. The monoisotopic (exact) mass is 251 g/mol. The number of halogens is 2. The van der Waals surface area contributed by atoms with Crippen LogP contribution in [0.3, 0.4) is 0 Å². The highest BCUT2D eigenvalue weighted by Crippen LogP contribution is 2.28. The zero-order valence-corrected chi connectivity index (χ0v) is 9.36. The molecule has 2 aromatic carbocycles. The van der Waals surface area contributed by atoms with Crippen molar-refractivity contribution >= 4 is 0 Å². The van der Waals surface area contributed by atoms with Crippen molar-refractivity contribution in [1.29, 1.82) is 0 Å². The summed E-state index contributed by atoms with van der Waals surface area (Å²) >= 11 is 0. The Labute approximate surface area is 102 Å². The van der Waals surface area contributed by atoms with E-state index in [4.69, 9.17) is 5.90 Å². The quantitative estimate of drug-likeness (QED) is 0.825. The van der Waals surface area contributed by atoms with Crippen LogP contribution in [0.1, 0.15) is 5.56 Å². The Hall–Kier alpha value is -1.98. The van der Waals surface area contributed by atoms with Gasteiger partial charge in [0, 0.05) is 17.2 Å². The normalized spacial score (nSPS) is 10.6. The van der Waals surface area contributed by atoms with Gasteiger partial charge >= 0.3 is 0 Å². The van der Waals surface area contributed by atoms with Crippen molar-refractivity contribution < 1.29 is 18.7 Å². The maximum Gasteiger partial charge on any atom is 0.133 e. The number of aromatic hydroxyl groups is 1. The standard InChI is InChI=1S/C13H11F2NO2/c14-10-3-4-11(12(15)6-10)8-1-2-9(7-18-16)13(17)5-8/h1-6,17H,7,16H2. The van der Waals surface area contributed by atoms with Crippen LogP contribution in [-0.2, 0) is 11.4 Å². The second-order valence-electron chi connectivity index (χ2n) is 3.78. The Morgan fingerprint density at radius 3 is 2.50 bits per heavy atom. The first kappa shape index (κ1) is 12.5. The van der Waals surface area contributed by atoms with Gasteiger partial charge in [-0.15, -0.1) is 0 Å². The van der Waals surface area contributed by atoms with E-state index in [0.29, 0.717) is 11.1 Å². The van der Waals surface area contributed by atoms with Crippen LogP contribution in [-0.4, -0.2) is 5.11 Å². The number of benzene rings is 2. The van der Waals surface area contributed by atoms with Gasteiger partial charge in [0.05, 0.1) is 6.61 Å². The molecular weight excluding hydrogens is 240 g/mol. The average molecular weight is 251 g/mol. The fourth-order valence-corrected chi connectivity index (χ4v) is 1.67. The van der Waals surface area contributed by atoms with Crippen LogP contribution in [0, 0.1) is 11.6 Å². The lowest BCUT2D eigenvalue weighted by atomic mass is 10.0. The highest BCUT2D eigenvalue weighted by Gasteiger charge is 2.09. The molecule has 0 aliphatic rings. The van der Waals surface area contributed by atoms with Crippen LogP contribution in [0.5, 0.6) is 5.75 Å². The molecule has 0 spiro atoms. The number of rotatable bonds is 3. The van der Waals surface area contributed by atoms with E-state index in [2.05, 4.69) is 4.84 Å². The van der Waals surface area contributed by atoms with Gasteiger partial charge in [0.1, 0.15) is 17.4 Å². The maximum absolute atomic E-state index is 13.6. The lowest BCUT2D eigenvalue weighted by Gasteiger charge is -2.07. The number of hydrogen-bond donors (Lipinski definition) is 2. The van der Waals surface area contributed by atoms with Gasteiger partial charge in [-0.3, -0.25) is 4.84 Å². The molecule has 0 atom stereocenters. The molecule has 0 heterocycles. The predicted molar refractivity (Wildman–Crippen MR) is 62.4 cm³/mol. The molecule has 2 aromatic rings. The number of nitrogens with two attached hydrogens (primary N) is 1. The van der Waals surface area contributed by atoms with Crippen molar-refractivity contribution in [2.75, 3.05) is 0 Å². The first-order chi connectivity index (χ1) is 8.61. The molecule has 0 fully saturated rings. The van der Waals surface area contributed by atoms with E-state index in [-0.39, 0.29) is 17.9 Å². The molecule has 0 bridgehead atoms. The smallest absolute Gasteiger partial charge is 0.133 e. The molecule has 18 heavy (non-hydrogen) atoms. The average Bonchev–Trinajstić information content (AvgIpc) is 2.32. The van der Waals surface area contributed by atoms with Crippen molar-refractivity contribution in [3.8, 4) is 16.9 Å². The molecule has 3 N–H and O–H groups in total. The van der Waals surface area contributed by atoms with E-state index in [1.165, 1.54) is 12.1 Å². The number of phenols is 1. The first-order valence-electron chi connectivity index (χ1n) is 5.21. The van der Waals surface area contributed by atoms with E-state index in [1.54, 1.807) is 12.1 Å². The van der Waals surface area contributed by atoms with Gasteiger partial charge < -0.3 is 5.11 Å². The molecule has 0 saturated heterocycles. The maximum atomic E-state index is 13.6. The Morgan fingerprint density at radius 1 is 1.11 bits per heavy atom. The summed E-state index contributed by atoms with van der Waals surface area (Å²) in [5.41, 5.74) is 1.15. The van der Waals surface area contributed by atoms with Gasteiger partial charge in [-0.25, -0.2) is 14.7 Å².